The summed E-state index contributed by atoms with van der Waals surface area (Å²) in [6.45, 7) is -0.765. The summed E-state index contributed by atoms with van der Waals surface area (Å²) < 4.78 is 62.3. The van der Waals surface area contributed by atoms with Crippen molar-refractivity contribution < 1.29 is 21.6 Å². The lowest BCUT2D eigenvalue weighted by molar-refractivity contribution is -0.155. The van der Waals surface area contributed by atoms with E-state index in [9.17, 15) is 21.6 Å². The third-order valence-electron chi connectivity index (χ3n) is 2.93. The van der Waals surface area contributed by atoms with Gasteiger partial charge in [-0.2, -0.15) is 13.2 Å². The van der Waals surface area contributed by atoms with Gasteiger partial charge in [0.15, 0.2) is 9.84 Å². The van der Waals surface area contributed by atoms with Gasteiger partial charge in [0.1, 0.15) is 0 Å². The first kappa shape index (κ1) is 13.9. The van der Waals surface area contributed by atoms with Gasteiger partial charge in [-0.1, -0.05) is 18.2 Å². The molecule has 0 radical (unpaired) electrons. The molecule has 1 aliphatic heterocycles. The molecule has 0 amide bonds. The molecule has 1 aromatic carbocycles. The molecule has 1 unspecified atom stereocenters. The van der Waals surface area contributed by atoms with Crippen LogP contribution >= 0.6 is 0 Å². The SMILES string of the molecule is CS(=O)(=O)C1(C(F)(F)F)CN(c2ccccc2)C=N1. The van der Waals surface area contributed by atoms with E-state index in [1.165, 1.54) is 4.90 Å². The van der Waals surface area contributed by atoms with Crippen LogP contribution in [0.3, 0.4) is 0 Å². The van der Waals surface area contributed by atoms with Gasteiger partial charge in [0.2, 0.25) is 0 Å². The van der Waals surface area contributed by atoms with Crippen molar-refractivity contribution >= 4 is 21.9 Å². The number of aliphatic imine (C=N–C) groups is 1. The number of para-hydroxylation sites is 1. The minimum atomic E-state index is -4.96. The maximum absolute atomic E-state index is 13.1. The molecule has 1 atom stereocenters. The molecule has 104 valence electrons. The number of rotatable bonds is 2. The highest BCUT2D eigenvalue weighted by atomic mass is 32.2. The highest BCUT2D eigenvalue weighted by Crippen LogP contribution is 2.41. The molecule has 1 heterocycles. The van der Waals surface area contributed by atoms with E-state index < -0.39 is 27.4 Å². The Labute approximate surface area is 108 Å². The van der Waals surface area contributed by atoms with Crippen LogP contribution in [0.15, 0.2) is 35.3 Å². The molecule has 19 heavy (non-hydrogen) atoms. The summed E-state index contributed by atoms with van der Waals surface area (Å²) in [5, 5.41) is 0. The smallest absolute Gasteiger partial charge is 0.329 e. The average Bonchev–Trinajstić information content (AvgIpc) is 2.75. The molecule has 1 aromatic rings. The number of hydrogen-bond donors (Lipinski definition) is 0. The van der Waals surface area contributed by atoms with E-state index in [0.717, 1.165) is 6.34 Å². The zero-order valence-corrected chi connectivity index (χ0v) is 10.7. The maximum atomic E-state index is 13.1. The minimum absolute atomic E-state index is 0.459. The fourth-order valence-electron chi connectivity index (χ4n) is 1.84. The number of alkyl halides is 3. The lowest BCUT2D eigenvalue weighted by atomic mass is 10.2. The summed E-state index contributed by atoms with van der Waals surface area (Å²) in [5.74, 6) is 0. The van der Waals surface area contributed by atoms with Crippen molar-refractivity contribution in [3.63, 3.8) is 0 Å². The summed E-state index contributed by atoms with van der Waals surface area (Å²) in [6.07, 6.45) is -3.49. The molecule has 8 heteroatoms. The molecule has 1 aliphatic rings. The summed E-state index contributed by atoms with van der Waals surface area (Å²) in [7, 11) is -4.43. The van der Waals surface area contributed by atoms with Gasteiger partial charge in [0, 0.05) is 11.9 Å². The van der Waals surface area contributed by atoms with Gasteiger partial charge in [0.25, 0.3) is 4.87 Å². The molecular weight excluding hydrogens is 281 g/mol. The summed E-state index contributed by atoms with van der Waals surface area (Å²) in [4.78, 5) is 1.34. The molecule has 0 bridgehead atoms. The van der Waals surface area contributed by atoms with Crippen molar-refractivity contribution in [2.45, 2.75) is 11.0 Å². The van der Waals surface area contributed by atoms with Crippen LogP contribution in [0.2, 0.25) is 0 Å². The molecule has 0 saturated heterocycles. The Bertz CT molecular complexity index is 598. The van der Waals surface area contributed by atoms with Gasteiger partial charge >= 0.3 is 6.18 Å². The number of benzene rings is 1. The largest absolute Gasteiger partial charge is 0.429 e. The molecule has 0 fully saturated rings. The lowest BCUT2D eigenvalue weighted by Gasteiger charge is -2.28. The Balaban J connectivity index is 2.42. The number of hydrogen-bond acceptors (Lipinski definition) is 4. The normalized spacial score (nSPS) is 23.9. The molecule has 2 rings (SSSR count). The maximum Gasteiger partial charge on any atom is 0.429 e. The summed E-state index contributed by atoms with van der Waals surface area (Å²) >= 11 is 0. The molecule has 0 spiro atoms. The topological polar surface area (TPSA) is 49.7 Å². The van der Waals surface area contributed by atoms with Crippen LogP contribution in [-0.2, 0) is 9.84 Å². The Kier molecular flexibility index (Phi) is 3.08. The van der Waals surface area contributed by atoms with Crippen LogP contribution < -0.4 is 4.90 Å². The quantitative estimate of drug-likeness (QED) is 0.835. The van der Waals surface area contributed by atoms with Gasteiger partial charge in [-0.3, -0.25) is 0 Å². The molecule has 0 aliphatic carbocycles. The fraction of sp³-hybridized carbons (Fsp3) is 0.364. The highest BCUT2D eigenvalue weighted by molar-refractivity contribution is 7.92. The number of halogens is 3. The zero-order valence-electron chi connectivity index (χ0n) is 9.92. The first-order valence-electron chi connectivity index (χ1n) is 5.31. The van der Waals surface area contributed by atoms with Gasteiger partial charge < -0.3 is 4.90 Å². The van der Waals surface area contributed by atoms with Crippen LogP contribution in [0.1, 0.15) is 0 Å². The van der Waals surface area contributed by atoms with Crippen LogP contribution in [0.5, 0.6) is 0 Å². The van der Waals surface area contributed by atoms with Crippen molar-refractivity contribution in [2.75, 3.05) is 17.7 Å². The van der Waals surface area contributed by atoms with Gasteiger partial charge in [-0.25, -0.2) is 13.4 Å². The van der Waals surface area contributed by atoms with Gasteiger partial charge in [0.05, 0.1) is 12.9 Å². The Morgan fingerprint density at radius 2 is 1.84 bits per heavy atom. The fourth-order valence-corrected chi connectivity index (χ4v) is 2.87. The summed E-state index contributed by atoms with van der Waals surface area (Å²) in [5.41, 5.74) is 0.459. The lowest BCUT2D eigenvalue weighted by Crippen LogP contribution is -2.53. The Hall–Kier alpha value is -1.57. The van der Waals surface area contributed by atoms with Crippen LogP contribution in [0.4, 0.5) is 18.9 Å². The van der Waals surface area contributed by atoms with Crippen molar-refractivity contribution in [1.29, 1.82) is 0 Å². The summed E-state index contributed by atoms with van der Waals surface area (Å²) in [6, 6.07) is 8.18. The predicted octanol–water partition coefficient (Wildman–Crippen LogP) is 1.84. The second-order valence-electron chi connectivity index (χ2n) is 4.26. The molecule has 0 N–H and O–H groups in total. The third kappa shape index (κ3) is 2.20. The second-order valence-corrected chi connectivity index (χ2v) is 6.48. The van der Waals surface area contributed by atoms with Gasteiger partial charge in [-0.05, 0) is 12.1 Å². The van der Waals surface area contributed by atoms with Crippen molar-refractivity contribution in [3.8, 4) is 0 Å². The molecule has 4 nitrogen and oxygen atoms in total. The first-order valence-corrected chi connectivity index (χ1v) is 7.20. The van der Waals surface area contributed by atoms with Crippen LogP contribution in [-0.4, -0.2) is 38.6 Å². The van der Waals surface area contributed by atoms with Gasteiger partial charge in [-0.15, -0.1) is 0 Å². The average molecular weight is 292 g/mol. The monoisotopic (exact) mass is 292 g/mol. The van der Waals surface area contributed by atoms with E-state index in [4.69, 9.17) is 0 Å². The van der Waals surface area contributed by atoms with Crippen molar-refractivity contribution in [2.24, 2.45) is 4.99 Å². The van der Waals surface area contributed by atoms with Crippen molar-refractivity contribution in [1.82, 2.24) is 0 Å². The minimum Gasteiger partial charge on any atom is -0.329 e. The Morgan fingerprint density at radius 3 is 2.26 bits per heavy atom. The third-order valence-corrected chi connectivity index (χ3v) is 4.63. The van der Waals surface area contributed by atoms with E-state index >= 15 is 0 Å². The van der Waals surface area contributed by atoms with E-state index in [1.54, 1.807) is 30.3 Å². The van der Waals surface area contributed by atoms with E-state index in [1.807, 2.05) is 0 Å². The van der Waals surface area contributed by atoms with E-state index in [2.05, 4.69) is 4.99 Å². The van der Waals surface area contributed by atoms with Crippen LogP contribution in [0, 0.1) is 0 Å². The Morgan fingerprint density at radius 1 is 1.26 bits per heavy atom. The first-order chi connectivity index (χ1) is 8.67. The number of sulfone groups is 1. The van der Waals surface area contributed by atoms with E-state index in [0.29, 0.717) is 11.9 Å². The number of nitrogens with zero attached hydrogens (tertiary/aromatic N) is 2. The number of anilines is 1. The second kappa shape index (κ2) is 4.22. The predicted molar refractivity (Wildman–Crippen MR) is 65.9 cm³/mol. The molecule has 0 saturated carbocycles. The standard InChI is InChI=1S/C11H11F3N2O2S/c1-19(17,18)10(11(12,13)14)7-16(8-15-10)9-5-3-2-4-6-9/h2-6,8H,7H2,1H3. The zero-order chi connectivity index (χ0) is 14.3. The highest BCUT2D eigenvalue weighted by Gasteiger charge is 2.65. The van der Waals surface area contributed by atoms with E-state index in [-0.39, 0.29) is 0 Å². The molecule has 0 aromatic heterocycles. The molecular formula is C11H11F3N2O2S. The van der Waals surface area contributed by atoms with Crippen molar-refractivity contribution in [3.05, 3.63) is 30.3 Å². The van der Waals surface area contributed by atoms with Crippen LogP contribution in [0.25, 0.3) is 0 Å².